The first kappa shape index (κ1) is 31.2. The fraction of sp³-hybridized carbons (Fsp3) is 0.207. The quantitative estimate of drug-likeness (QED) is 0.166. The number of nitrogens with zero attached hydrogens (tertiary/aromatic N) is 5. The molecular weight excluding hydrogens is 620 g/mol. The largest absolute Gasteiger partial charge is 0.446 e. The van der Waals surface area contributed by atoms with Gasteiger partial charge in [-0.3, -0.25) is 9.69 Å². The van der Waals surface area contributed by atoms with Gasteiger partial charge in [-0.15, -0.1) is 5.10 Å². The number of carbonyl (C=O) groups excluding carboxylic acids is 2. The van der Waals surface area contributed by atoms with E-state index in [1.807, 2.05) is 32.0 Å². The molecule has 0 bridgehead atoms. The summed E-state index contributed by atoms with van der Waals surface area (Å²) in [5, 5.41) is 6.84. The Morgan fingerprint density at radius 3 is 2.57 bits per heavy atom. The zero-order chi connectivity index (χ0) is 31.6. The van der Waals surface area contributed by atoms with E-state index in [9.17, 15) is 22.8 Å². The number of halogens is 4. The number of hydrogen-bond acceptors (Lipinski definition) is 7. The maximum Gasteiger partial charge on any atom is 0.446 e. The molecule has 15 heteroatoms. The van der Waals surface area contributed by atoms with E-state index in [4.69, 9.17) is 4.74 Å². The highest BCUT2D eigenvalue weighted by Gasteiger charge is 2.33. The number of nitrogens with one attached hydrogen (secondary N) is 1. The number of methoxy groups -OCH3 is 1. The number of urea groups is 1. The first-order valence-corrected chi connectivity index (χ1v) is 14.8. The van der Waals surface area contributed by atoms with E-state index in [0.717, 1.165) is 29.0 Å². The van der Waals surface area contributed by atoms with Crippen molar-refractivity contribution in [1.29, 1.82) is 0 Å². The summed E-state index contributed by atoms with van der Waals surface area (Å²) in [6, 6.07) is 14.2. The molecule has 5 rings (SSSR count). The van der Waals surface area contributed by atoms with Crippen molar-refractivity contribution in [2.45, 2.75) is 30.4 Å². The Kier molecular flexibility index (Phi) is 9.08. The van der Waals surface area contributed by atoms with E-state index < -0.39 is 17.4 Å². The lowest BCUT2D eigenvalue weighted by Crippen LogP contribution is -2.31. The van der Waals surface area contributed by atoms with Crippen molar-refractivity contribution < 1.29 is 31.9 Å². The molecule has 0 saturated carbocycles. The van der Waals surface area contributed by atoms with Crippen molar-refractivity contribution in [2.24, 2.45) is 4.99 Å². The number of anilines is 2. The van der Waals surface area contributed by atoms with E-state index >= 15 is 4.39 Å². The summed E-state index contributed by atoms with van der Waals surface area (Å²) in [7, 11) is 1.56. The minimum atomic E-state index is -4.40. The van der Waals surface area contributed by atoms with Crippen LogP contribution >= 0.6 is 23.5 Å². The molecule has 3 amide bonds. The van der Waals surface area contributed by atoms with Gasteiger partial charge in [0.15, 0.2) is 11.0 Å². The second-order valence-electron chi connectivity index (χ2n) is 9.53. The molecule has 1 aliphatic heterocycles. The molecule has 44 heavy (non-hydrogen) atoms. The molecule has 2 heterocycles. The number of aromatic nitrogens is 3. The normalized spacial score (nSPS) is 15.2. The molecule has 0 aliphatic carbocycles. The van der Waals surface area contributed by atoms with Crippen LogP contribution in [0.15, 0.2) is 76.9 Å². The lowest BCUT2D eigenvalue weighted by Gasteiger charge is -2.23. The third-order valence-electron chi connectivity index (χ3n) is 6.48. The lowest BCUT2D eigenvalue weighted by atomic mass is 10.0. The summed E-state index contributed by atoms with van der Waals surface area (Å²) in [6.07, 6.45) is 1.03. The molecule has 1 unspecified atom stereocenters. The number of benzene rings is 3. The number of hydrogen-bond donors (Lipinski definition) is 1. The van der Waals surface area contributed by atoms with Crippen LogP contribution in [0.1, 0.15) is 24.2 Å². The summed E-state index contributed by atoms with van der Waals surface area (Å²) in [6.45, 7) is 3.72. The maximum atomic E-state index is 15.0. The van der Waals surface area contributed by atoms with Gasteiger partial charge in [0, 0.05) is 23.1 Å². The van der Waals surface area contributed by atoms with Crippen LogP contribution in [0, 0.1) is 12.7 Å². The molecule has 3 aromatic carbocycles. The predicted molar refractivity (Wildman–Crippen MR) is 162 cm³/mol. The predicted octanol–water partition coefficient (Wildman–Crippen LogP) is 7.37. The van der Waals surface area contributed by atoms with Crippen LogP contribution in [0.3, 0.4) is 0 Å². The molecule has 9 nitrogen and oxygen atoms in total. The van der Waals surface area contributed by atoms with Crippen molar-refractivity contribution in [2.75, 3.05) is 23.1 Å². The molecule has 0 radical (unpaired) electrons. The zero-order valence-corrected chi connectivity index (χ0v) is 25.1. The lowest BCUT2D eigenvalue weighted by molar-refractivity contribution is -0.115. The second kappa shape index (κ2) is 12.8. The average Bonchev–Trinajstić information content (AvgIpc) is 3.60. The molecule has 1 aromatic heterocycles. The summed E-state index contributed by atoms with van der Waals surface area (Å²) in [5.41, 5.74) is -1.57. The van der Waals surface area contributed by atoms with Crippen molar-refractivity contribution in [1.82, 2.24) is 14.8 Å². The monoisotopic (exact) mass is 644 g/mol. The first-order valence-electron chi connectivity index (χ1n) is 13.0. The molecule has 1 N–H and O–H groups in total. The van der Waals surface area contributed by atoms with Gasteiger partial charge in [-0.2, -0.15) is 18.2 Å². The molecular formula is C29H24F4N6O3S2. The topological polar surface area (TPSA) is 102 Å². The van der Waals surface area contributed by atoms with Gasteiger partial charge in [-0.25, -0.2) is 18.9 Å². The number of amidine groups is 1. The Morgan fingerprint density at radius 1 is 1.14 bits per heavy atom. The van der Waals surface area contributed by atoms with Crippen LogP contribution in [-0.4, -0.2) is 50.2 Å². The molecule has 1 atom stereocenters. The Bertz CT molecular complexity index is 1740. The molecule has 228 valence electrons. The van der Waals surface area contributed by atoms with E-state index in [1.54, 1.807) is 7.11 Å². The van der Waals surface area contributed by atoms with E-state index in [0.29, 0.717) is 16.9 Å². The molecule has 4 aromatic rings. The van der Waals surface area contributed by atoms with Crippen LogP contribution in [0.4, 0.5) is 33.7 Å². The first-order chi connectivity index (χ1) is 20.9. The zero-order valence-electron chi connectivity index (χ0n) is 23.4. The fourth-order valence-electron chi connectivity index (χ4n) is 4.31. The minimum absolute atomic E-state index is 0.0258. The van der Waals surface area contributed by atoms with Crippen molar-refractivity contribution in [3.63, 3.8) is 0 Å². The highest BCUT2D eigenvalue weighted by molar-refractivity contribution is 8.15. The summed E-state index contributed by atoms with van der Waals surface area (Å²) < 4.78 is 59.6. The molecule has 1 aliphatic rings. The maximum absolute atomic E-state index is 15.0. The van der Waals surface area contributed by atoms with Crippen molar-refractivity contribution in [3.05, 3.63) is 83.9 Å². The Balaban J connectivity index is 1.31. The van der Waals surface area contributed by atoms with Crippen LogP contribution in [0.5, 0.6) is 0 Å². The smallest absolute Gasteiger partial charge is 0.377 e. The van der Waals surface area contributed by atoms with E-state index in [-0.39, 0.29) is 51.1 Å². The van der Waals surface area contributed by atoms with Gasteiger partial charge in [-0.05, 0) is 79.7 Å². The number of ether oxygens (including phenoxy) is 1. The van der Waals surface area contributed by atoms with Gasteiger partial charge < -0.3 is 10.1 Å². The number of carbonyl (C=O) groups is 2. The van der Waals surface area contributed by atoms with Crippen LogP contribution in [-0.2, 0) is 9.53 Å². The Labute approximate surface area is 257 Å². The highest BCUT2D eigenvalue weighted by Crippen LogP contribution is 2.37. The minimum Gasteiger partial charge on any atom is -0.377 e. The van der Waals surface area contributed by atoms with Gasteiger partial charge in [0.2, 0.25) is 5.91 Å². The Morgan fingerprint density at radius 2 is 1.89 bits per heavy atom. The number of aliphatic imine (C=N–C) groups is 1. The van der Waals surface area contributed by atoms with Gasteiger partial charge in [0.25, 0.3) is 0 Å². The average molecular weight is 645 g/mol. The number of amides is 3. The molecule has 0 spiro atoms. The van der Waals surface area contributed by atoms with E-state index in [1.165, 1.54) is 52.3 Å². The van der Waals surface area contributed by atoms with Gasteiger partial charge >= 0.3 is 11.5 Å². The summed E-state index contributed by atoms with van der Waals surface area (Å²) in [4.78, 5) is 35.3. The highest BCUT2D eigenvalue weighted by atomic mass is 32.2. The van der Waals surface area contributed by atoms with Gasteiger partial charge in [-0.1, -0.05) is 23.9 Å². The fourth-order valence-corrected chi connectivity index (χ4v) is 5.70. The standard InChI is InChI=1S/C29H24F4N6O3S2/c1-16-4-10-21(17(2)42-3)24(12-16)39-25(40)14-43-28(39)36-27(41)35-23-11-5-18(13-22(23)30)26-34-15-38(37-26)19-6-8-20(9-7-19)44-29(31,32)33/h4-13,15,17H,14H2,1-3H3,(H,35,41)/b36-28-. The van der Waals surface area contributed by atoms with E-state index in [2.05, 4.69) is 20.4 Å². The van der Waals surface area contributed by atoms with Crippen molar-refractivity contribution >= 4 is 52.0 Å². The summed E-state index contributed by atoms with van der Waals surface area (Å²) in [5.74, 6) is -0.787. The second-order valence-corrected chi connectivity index (χ2v) is 11.6. The number of aryl methyl sites for hydroxylation is 1. The van der Waals surface area contributed by atoms with Crippen LogP contribution in [0.2, 0.25) is 0 Å². The third-order valence-corrected chi connectivity index (χ3v) is 8.14. The van der Waals surface area contributed by atoms with Crippen LogP contribution < -0.4 is 10.2 Å². The SMILES string of the molecule is COC(C)c1ccc(C)cc1N1C(=O)CS/C1=N\C(=O)Nc1ccc(-c2ncn(-c3ccc(SC(F)(F)F)cc3)n2)cc1F. The number of rotatable bonds is 7. The van der Waals surface area contributed by atoms with Gasteiger partial charge in [0.05, 0.1) is 28.9 Å². The molecule has 1 fully saturated rings. The summed E-state index contributed by atoms with van der Waals surface area (Å²) >= 11 is 0.871. The number of alkyl halides is 3. The third kappa shape index (κ3) is 7.11. The Hall–Kier alpha value is -4.21. The van der Waals surface area contributed by atoms with Crippen LogP contribution in [0.25, 0.3) is 17.1 Å². The number of thioether (sulfide) groups is 2. The van der Waals surface area contributed by atoms with Gasteiger partial charge in [0.1, 0.15) is 12.1 Å². The van der Waals surface area contributed by atoms with Crippen molar-refractivity contribution in [3.8, 4) is 17.1 Å². The molecule has 1 saturated heterocycles.